The summed E-state index contributed by atoms with van der Waals surface area (Å²) >= 11 is 7.40. The molecule has 3 N–H and O–H groups in total. The van der Waals surface area contributed by atoms with Crippen LogP contribution in [0.4, 0.5) is 5.82 Å². The molecule has 0 atom stereocenters. The van der Waals surface area contributed by atoms with E-state index < -0.39 is 5.91 Å². The van der Waals surface area contributed by atoms with E-state index in [0.29, 0.717) is 22.2 Å². The molecule has 1 amide bonds. The fourth-order valence-corrected chi connectivity index (χ4v) is 3.70. The van der Waals surface area contributed by atoms with Crippen molar-refractivity contribution in [2.45, 2.75) is 17.6 Å². The number of halogens is 1. The number of anilines is 1. The van der Waals surface area contributed by atoms with Crippen molar-refractivity contribution in [3.63, 3.8) is 0 Å². The predicted molar refractivity (Wildman–Crippen MR) is 123 cm³/mol. The van der Waals surface area contributed by atoms with Gasteiger partial charge in [0.15, 0.2) is 5.69 Å². The molecule has 168 valence electrons. The summed E-state index contributed by atoms with van der Waals surface area (Å²) in [5, 5.41) is 19.9. The smallest absolute Gasteiger partial charge is 0.293 e. The fourth-order valence-electron chi connectivity index (χ4n) is 2.68. The van der Waals surface area contributed by atoms with Crippen LogP contribution in [0.15, 0.2) is 67.3 Å². The molecule has 0 spiro atoms. The number of furan rings is 1. The van der Waals surface area contributed by atoms with Crippen molar-refractivity contribution in [1.29, 1.82) is 0 Å². The highest BCUT2D eigenvalue weighted by molar-refractivity contribution is 7.98. The zero-order valence-electron chi connectivity index (χ0n) is 17.2. The standard InChI is InChI=1S/C20H17ClN8O3S/c1-12(9-14-3-2-8-31-14)10-23-25-20(30)17-16(11-33-15-6-4-13(21)5-7-15)29(28-24-17)19-18(22)26-32-27-19/h2-10H,11H2,1H3,(H2,22,26)(H,25,30). The van der Waals surface area contributed by atoms with Crippen LogP contribution in [0, 0.1) is 0 Å². The quantitative estimate of drug-likeness (QED) is 0.217. The van der Waals surface area contributed by atoms with Crippen LogP contribution in [0.5, 0.6) is 0 Å². The average molecular weight is 485 g/mol. The molecule has 0 unspecified atom stereocenters. The Labute approximate surface area is 196 Å². The first-order valence-electron chi connectivity index (χ1n) is 9.48. The fraction of sp³-hybridized carbons (Fsp3) is 0.100. The van der Waals surface area contributed by atoms with Gasteiger partial charge in [-0.1, -0.05) is 16.8 Å². The van der Waals surface area contributed by atoms with Crippen LogP contribution in [-0.4, -0.2) is 37.4 Å². The largest absolute Gasteiger partial charge is 0.465 e. The molecule has 0 radical (unpaired) electrons. The van der Waals surface area contributed by atoms with Gasteiger partial charge in [-0.25, -0.2) is 10.1 Å². The Bertz CT molecular complexity index is 1300. The lowest BCUT2D eigenvalue weighted by Crippen LogP contribution is -2.20. The van der Waals surface area contributed by atoms with E-state index in [1.54, 1.807) is 30.5 Å². The molecule has 0 aliphatic carbocycles. The van der Waals surface area contributed by atoms with Gasteiger partial charge in [-0.2, -0.15) is 9.78 Å². The molecule has 0 aliphatic rings. The van der Waals surface area contributed by atoms with Gasteiger partial charge in [0, 0.05) is 15.7 Å². The van der Waals surface area contributed by atoms with Gasteiger partial charge in [0.2, 0.25) is 11.6 Å². The second kappa shape index (κ2) is 10.1. The number of carbonyl (C=O) groups is 1. The number of allylic oxidation sites excluding steroid dienone is 1. The van der Waals surface area contributed by atoms with E-state index in [4.69, 9.17) is 21.8 Å². The van der Waals surface area contributed by atoms with Crippen LogP contribution < -0.4 is 11.2 Å². The van der Waals surface area contributed by atoms with Crippen LogP contribution in [0.1, 0.15) is 28.9 Å². The number of amides is 1. The van der Waals surface area contributed by atoms with Crippen molar-refractivity contribution >= 4 is 47.4 Å². The maximum atomic E-state index is 12.8. The maximum absolute atomic E-state index is 12.8. The van der Waals surface area contributed by atoms with E-state index in [0.717, 1.165) is 10.5 Å². The van der Waals surface area contributed by atoms with Crippen LogP contribution in [0.3, 0.4) is 0 Å². The normalized spacial score (nSPS) is 11.9. The molecule has 4 aromatic rings. The highest BCUT2D eigenvalue weighted by Crippen LogP contribution is 2.27. The van der Waals surface area contributed by atoms with Gasteiger partial charge in [0.25, 0.3) is 5.91 Å². The van der Waals surface area contributed by atoms with E-state index in [9.17, 15) is 4.79 Å². The van der Waals surface area contributed by atoms with E-state index in [-0.39, 0.29) is 17.3 Å². The Morgan fingerprint density at radius 3 is 2.82 bits per heavy atom. The zero-order valence-corrected chi connectivity index (χ0v) is 18.7. The number of nitrogens with one attached hydrogen (secondary N) is 1. The number of hydrogen-bond donors (Lipinski definition) is 2. The Balaban J connectivity index is 1.54. The SMILES string of the molecule is CC(C=NNC(=O)c1nnn(-c2nonc2N)c1CSc1ccc(Cl)cc1)=Cc1ccco1. The third-order valence-electron chi connectivity index (χ3n) is 4.21. The number of hydrogen-bond acceptors (Lipinski definition) is 10. The Morgan fingerprint density at radius 1 is 1.30 bits per heavy atom. The Kier molecular flexibility index (Phi) is 6.86. The molecule has 0 saturated carbocycles. The van der Waals surface area contributed by atoms with Gasteiger partial charge in [0.05, 0.1) is 18.2 Å². The molecule has 3 heterocycles. The number of thioether (sulfide) groups is 1. The summed E-state index contributed by atoms with van der Waals surface area (Å²) in [4.78, 5) is 13.7. The van der Waals surface area contributed by atoms with E-state index >= 15 is 0 Å². The van der Waals surface area contributed by atoms with Crippen molar-refractivity contribution in [2.75, 3.05) is 5.73 Å². The predicted octanol–water partition coefficient (Wildman–Crippen LogP) is 3.59. The van der Waals surface area contributed by atoms with E-state index in [1.807, 2.05) is 25.1 Å². The van der Waals surface area contributed by atoms with Crippen molar-refractivity contribution in [3.05, 3.63) is 70.4 Å². The summed E-state index contributed by atoms with van der Waals surface area (Å²) in [5.41, 5.74) is 9.53. The van der Waals surface area contributed by atoms with Crippen LogP contribution in [0.2, 0.25) is 5.02 Å². The number of nitrogen functional groups attached to an aromatic ring is 1. The first-order valence-corrected chi connectivity index (χ1v) is 10.8. The number of nitrogens with zero attached hydrogens (tertiary/aromatic N) is 6. The zero-order chi connectivity index (χ0) is 23.2. The number of nitrogens with two attached hydrogens (primary N) is 1. The summed E-state index contributed by atoms with van der Waals surface area (Å²) < 4.78 is 11.2. The molecule has 3 aromatic heterocycles. The molecule has 13 heteroatoms. The minimum atomic E-state index is -0.551. The minimum Gasteiger partial charge on any atom is -0.465 e. The number of aromatic nitrogens is 5. The molecular weight excluding hydrogens is 468 g/mol. The molecule has 0 bridgehead atoms. The Hall–Kier alpha value is -3.90. The molecule has 33 heavy (non-hydrogen) atoms. The van der Waals surface area contributed by atoms with Gasteiger partial charge in [-0.05, 0) is 65.3 Å². The molecule has 0 fully saturated rings. The van der Waals surface area contributed by atoms with Gasteiger partial charge in [-0.15, -0.1) is 16.9 Å². The summed E-state index contributed by atoms with van der Waals surface area (Å²) in [5.74, 6) is 0.596. The van der Waals surface area contributed by atoms with Crippen molar-refractivity contribution in [3.8, 4) is 5.82 Å². The third-order valence-corrected chi connectivity index (χ3v) is 5.49. The minimum absolute atomic E-state index is 0.0151. The summed E-state index contributed by atoms with van der Waals surface area (Å²) in [6.07, 6.45) is 4.84. The van der Waals surface area contributed by atoms with Gasteiger partial charge in [0.1, 0.15) is 5.76 Å². The summed E-state index contributed by atoms with van der Waals surface area (Å²) in [7, 11) is 0. The number of carbonyl (C=O) groups excluding carboxylic acids is 1. The van der Waals surface area contributed by atoms with E-state index in [2.05, 4.69) is 35.8 Å². The Morgan fingerprint density at radius 2 is 2.12 bits per heavy atom. The lowest BCUT2D eigenvalue weighted by Gasteiger charge is -2.06. The first-order chi connectivity index (χ1) is 16.0. The second-order valence-corrected chi connectivity index (χ2v) is 8.10. The molecule has 0 saturated heterocycles. The van der Waals surface area contributed by atoms with Crippen LogP contribution >= 0.6 is 23.4 Å². The van der Waals surface area contributed by atoms with Crippen LogP contribution in [0.25, 0.3) is 11.9 Å². The van der Waals surface area contributed by atoms with Gasteiger partial charge in [-0.3, -0.25) is 4.79 Å². The monoisotopic (exact) mass is 484 g/mol. The van der Waals surface area contributed by atoms with Crippen molar-refractivity contribution in [1.82, 2.24) is 30.7 Å². The summed E-state index contributed by atoms with van der Waals surface area (Å²) in [6, 6.07) is 10.9. The third kappa shape index (κ3) is 5.48. The number of rotatable bonds is 8. The topological polar surface area (TPSA) is 150 Å². The van der Waals surface area contributed by atoms with Gasteiger partial charge < -0.3 is 10.2 Å². The molecule has 0 aliphatic heterocycles. The molecule has 4 rings (SSSR count). The molecule has 1 aromatic carbocycles. The lowest BCUT2D eigenvalue weighted by atomic mass is 10.3. The highest BCUT2D eigenvalue weighted by atomic mass is 35.5. The lowest BCUT2D eigenvalue weighted by molar-refractivity contribution is 0.0949. The van der Waals surface area contributed by atoms with Gasteiger partial charge >= 0.3 is 0 Å². The molecular formula is C20H17ClN8O3S. The van der Waals surface area contributed by atoms with E-state index in [1.165, 1.54) is 22.7 Å². The first kappa shape index (κ1) is 22.3. The maximum Gasteiger partial charge on any atom is 0.293 e. The number of benzene rings is 1. The average Bonchev–Trinajstić information content (AvgIpc) is 3.54. The van der Waals surface area contributed by atoms with Crippen molar-refractivity contribution < 1.29 is 13.8 Å². The second-order valence-electron chi connectivity index (χ2n) is 6.62. The van der Waals surface area contributed by atoms with Crippen LogP contribution in [-0.2, 0) is 5.75 Å². The molecule has 11 nitrogen and oxygen atoms in total. The highest BCUT2D eigenvalue weighted by Gasteiger charge is 2.24. The summed E-state index contributed by atoms with van der Waals surface area (Å²) in [6.45, 7) is 1.82. The number of hydrazone groups is 1. The van der Waals surface area contributed by atoms with Crippen molar-refractivity contribution in [2.24, 2.45) is 5.10 Å².